The topological polar surface area (TPSA) is 80.0 Å². The third kappa shape index (κ3) is 3.61. The molecule has 10 heteroatoms. The predicted molar refractivity (Wildman–Crippen MR) is 73.4 cm³/mol. The van der Waals surface area contributed by atoms with E-state index in [-0.39, 0.29) is 18.9 Å². The van der Waals surface area contributed by atoms with E-state index in [4.69, 9.17) is 5.26 Å². The number of amidine groups is 1. The van der Waals surface area contributed by atoms with Crippen molar-refractivity contribution >= 4 is 17.8 Å². The number of carbonyl (C=O) groups is 2. The van der Waals surface area contributed by atoms with Gasteiger partial charge in [0.25, 0.3) is 5.91 Å². The summed E-state index contributed by atoms with van der Waals surface area (Å²) in [4.78, 5) is 31.3. The van der Waals surface area contributed by atoms with E-state index in [0.29, 0.717) is 6.42 Å². The molecule has 3 amide bonds. The van der Waals surface area contributed by atoms with Gasteiger partial charge in [0.05, 0.1) is 18.7 Å². The first-order valence-corrected chi connectivity index (χ1v) is 6.95. The third-order valence-electron chi connectivity index (χ3n) is 3.85. The number of likely N-dealkylation sites (tertiary alicyclic amines) is 1. The van der Waals surface area contributed by atoms with Gasteiger partial charge in [-0.2, -0.15) is 18.4 Å². The largest absolute Gasteiger partial charge is 0.401 e. The van der Waals surface area contributed by atoms with Gasteiger partial charge in [-0.1, -0.05) is 0 Å². The SMILES string of the molecule is CN1C(=O)C(C#N)C(=NC2CCN(CC(F)(F)F)C2)N(C)C1=O. The second-order valence-corrected chi connectivity index (χ2v) is 5.58. The summed E-state index contributed by atoms with van der Waals surface area (Å²) in [7, 11) is 2.65. The first-order valence-electron chi connectivity index (χ1n) is 6.95. The number of aliphatic imine (C=N–C) groups is 1. The molecule has 2 fully saturated rings. The van der Waals surface area contributed by atoms with Crippen molar-refractivity contribution in [1.82, 2.24) is 14.7 Å². The summed E-state index contributed by atoms with van der Waals surface area (Å²) in [5, 5.41) is 9.16. The molecule has 0 aromatic heterocycles. The molecule has 7 nitrogen and oxygen atoms in total. The van der Waals surface area contributed by atoms with E-state index in [1.54, 1.807) is 6.07 Å². The fourth-order valence-corrected chi connectivity index (χ4v) is 2.69. The molecule has 0 aromatic carbocycles. The van der Waals surface area contributed by atoms with Crippen molar-refractivity contribution in [3.8, 4) is 6.07 Å². The molecule has 2 aliphatic heterocycles. The van der Waals surface area contributed by atoms with Gasteiger partial charge >= 0.3 is 12.2 Å². The molecule has 0 radical (unpaired) electrons. The number of nitrogens with zero attached hydrogens (tertiary/aromatic N) is 5. The fourth-order valence-electron chi connectivity index (χ4n) is 2.69. The second kappa shape index (κ2) is 6.16. The quantitative estimate of drug-likeness (QED) is 0.745. The van der Waals surface area contributed by atoms with Gasteiger partial charge in [0, 0.05) is 27.2 Å². The van der Waals surface area contributed by atoms with E-state index >= 15 is 0 Å². The zero-order valence-electron chi connectivity index (χ0n) is 12.7. The number of urea groups is 1. The molecule has 2 unspecified atom stereocenters. The van der Waals surface area contributed by atoms with E-state index in [1.807, 2.05) is 0 Å². The number of hydrogen-bond acceptors (Lipinski definition) is 5. The number of imide groups is 1. The van der Waals surface area contributed by atoms with Crippen LogP contribution in [0.25, 0.3) is 0 Å². The number of halogens is 3. The van der Waals surface area contributed by atoms with Crippen LogP contribution < -0.4 is 0 Å². The van der Waals surface area contributed by atoms with Gasteiger partial charge in [-0.05, 0) is 6.42 Å². The molecule has 0 N–H and O–H groups in total. The van der Waals surface area contributed by atoms with Gasteiger partial charge < -0.3 is 0 Å². The molecule has 23 heavy (non-hydrogen) atoms. The summed E-state index contributed by atoms with van der Waals surface area (Å²) in [6.07, 6.45) is -3.91. The molecule has 0 spiro atoms. The fraction of sp³-hybridized carbons (Fsp3) is 0.692. The number of carbonyl (C=O) groups excluding carboxylic acids is 2. The zero-order chi connectivity index (χ0) is 17.4. The molecule has 0 aromatic rings. The van der Waals surface area contributed by atoms with Gasteiger partial charge in [0.2, 0.25) is 0 Å². The Kier molecular flexibility index (Phi) is 4.61. The Labute approximate surface area is 130 Å². The molecular formula is C13H16F3N5O2. The van der Waals surface area contributed by atoms with Crippen molar-refractivity contribution in [2.75, 3.05) is 33.7 Å². The van der Waals surface area contributed by atoms with Crippen LogP contribution in [0.4, 0.5) is 18.0 Å². The number of hydrogen-bond donors (Lipinski definition) is 0. The summed E-state index contributed by atoms with van der Waals surface area (Å²) in [6, 6.07) is 0.702. The van der Waals surface area contributed by atoms with Crippen molar-refractivity contribution in [2.45, 2.75) is 18.6 Å². The van der Waals surface area contributed by atoms with Gasteiger partial charge in [-0.25, -0.2) is 4.79 Å². The van der Waals surface area contributed by atoms with E-state index in [1.165, 1.54) is 19.0 Å². The van der Waals surface area contributed by atoms with Crippen LogP contribution in [0.1, 0.15) is 6.42 Å². The maximum Gasteiger partial charge on any atom is 0.401 e. The van der Waals surface area contributed by atoms with Crippen LogP contribution in [-0.2, 0) is 4.79 Å². The summed E-state index contributed by atoms with van der Waals surface area (Å²) in [5.41, 5.74) is 0. The normalized spacial score (nSPS) is 28.6. The zero-order valence-corrected chi connectivity index (χ0v) is 12.7. The van der Waals surface area contributed by atoms with Gasteiger partial charge in [0.1, 0.15) is 5.84 Å². The number of alkyl halides is 3. The lowest BCUT2D eigenvalue weighted by atomic mass is 10.1. The molecule has 2 saturated heterocycles. The highest BCUT2D eigenvalue weighted by Gasteiger charge is 2.42. The second-order valence-electron chi connectivity index (χ2n) is 5.58. The number of nitriles is 1. The van der Waals surface area contributed by atoms with Crippen LogP contribution >= 0.6 is 0 Å². The minimum atomic E-state index is -4.28. The highest BCUT2D eigenvalue weighted by Crippen LogP contribution is 2.23. The van der Waals surface area contributed by atoms with E-state index in [9.17, 15) is 22.8 Å². The average Bonchev–Trinajstić information content (AvgIpc) is 2.88. The van der Waals surface area contributed by atoms with Gasteiger partial charge in [0.15, 0.2) is 5.92 Å². The molecule has 0 bridgehead atoms. The first-order chi connectivity index (χ1) is 10.6. The molecule has 2 atom stereocenters. The van der Waals surface area contributed by atoms with E-state index in [0.717, 1.165) is 9.80 Å². The Balaban J connectivity index is 2.16. The van der Waals surface area contributed by atoms with Crippen LogP contribution in [0, 0.1) is 17.2 Å². The van der Waals surface area contributed by atoms with Crippen LogP contribution in [0.3, 0.4) is 0 Å². The van der Waals surface area contributed by atoms with Crippen LogP contribution in [0.15, 0.2) is 4.99 Å². The van der Waals surface area contributed by atoms with Crippen molar-refractivity contribution in [3.05, 3.63) is 0 Å². The molecule has 0 aliphatic carbocycles. The minimum Gasteiger partial charge on any atom is -0.293 e. The molecule has 126 valence electrons. The first kappa shape index (κ1) is 17.2. The molecule has 0 saturated carbocycles. The Morgan fingerprint density at radius 1 is 1.30 bits per heavy atom. The smallest absolute Gasteiger partial charge is 0.293 e. The molecular weight excluding hydrogens is 315 g/mol. The summed E-state index contributed by atoms with van der Waals surface area (Å²) in [5.74, 6) is -1.90. The number of amides is 3. The van der Waals surface area contributed by atoms with Gasteiger partial charge in [-0.15, -0.1) is 0 Å². The highest BCUT2D eigenvalue weighted by molar-refractivity contribution is 6.19. The van der Waals surface area contributed by atoms with Crippen molar-refractivity contribution < 1.29 is 22.8 Å². The Hall–Kier alpha value is -2.15. The Morgan fingerprint density at radius 2 is 1.96 bits per heavy atom. The standard InChI is InChI=1S/C13H16F3N5O2/c1-19-10(9(5-17)11(22)20(2)12(19)23)18-8-3-4-21(6-8)7-13(14,15)16/h8-9H,3-4,6-7H2,1-2H3. The van der Waals surface area contributed by atoms with Crippen molar-refractivity contribution in [1.29, 1.82) is 5.26 Å². The van der Waals surface area contributed by atoms with E-state index in [2.05, 4.69) is 4.99 Å². The molecule has 2 rings (SSSR count). The monoisotopic (exact) mass is 331 g/mol. The van der Waals surface area contributed by atoms with Gasteiger partial charge in [-0.3, -0.25) is 24.5 Å². The van der Waals surface area contributed by atoms with Crippen molar-refractivity contribution in [3.63, 3.8) is 0 Å². The summed E-state index contributed by atoms with van der Waals surface area (Å²) >= 11 is 0. The lowest BCUT2D eigenvalue weighted by Crippen LogP contribution is -2.56. The molecule has 2 aliphatic rings. The third-order valence-corrected chi connectivity index (χ3v) is 3.85. The Morgan fingerprint density at radius 3 is 2.52 bits per heavy atom. The maximum atomic E-state index is 12.4. The molecule has 2 heterocycles. The predicted octanol–water partition coefficient (Wildman–Crippen LogP) is 0.685. The Bertz CT molecular complexity index is 583. The summed E-state index contributed by atoms with van der Waals surface area (Å²) in [6.45, 7) is -0.719. The maximum absolute atomic E-state index is 12.4. The van der Waals surface area contributed by atoms with Crippen LogP contribution in [0.2, 0.25) is 0 Å². The van der Waals surface area contributed by atoms with Crippen LogP contribution in [-0.4, -0.2) is 78.4 Å². The summed E-state index contributed by atoms with van der Waals surface area (Å²) < 4.78 is 37.2. The lowest BCUT2D eigenvalue weighted by molar-refractivity contribution is -0.143. The highest BCUT2D eigenvalue weighted by atomic mass is 19.4. The number of rotatable bonds is 2. The van der Waals surface area contributed by atoms with E-state index < -0.39 is 36.6 Å². The van der Waals surface area contributed by atoms with Crippen LogP contribution in [0.5, 0.6) is 0 Å². The lowest BCUT2D eigenvalue weighted by Gasteiger charge is -2.33. The van der Waals surface area contributed by atoms with Crippen molar-refractivity contribution in [2.24, 2.45) is 10.9 Å². The minimum absolute atomic E-state index is 0.000501. The average molecular weight is 331 g/mol.